The summed E-state index contributed by atoms with van der Waals surface area (Å²) in [6.45, 7) is 2.23. The summed E-state index contributed by atoms with van der Waals surface area (Å²) in [4.78, 5) is 0. The number of rotatable bonds is 0. The van der Waals surface area contributed by atoms with Gasteiger partial charge in [-0.3, -0.25) is 5.73 Å². The van der Waals surface area contributed by atoms with Crippen molar-refractivity contribution >= 4 is 0 Å². The first-order valence-electron chi connectivity index (χ1n) is 3.00. The van der Waals surface area contributed by atoms with Gasteiger partial charge in [-0.15, -0.1) is 0 Å². The summed E-state index contributed by atoms with van der Waals surface area (Å²) in [5.74, 6) is 0.836. The summed E-state index contributed by atoms with van der Waals surface area (Å²) in [7, 11) is 0. The smallest absolute Gasteiger partial charge is 0.0215 e. The maximum absolute atomic E-state index is 7.26. The number of hydrogen-bond acceptors (Lipinski definition) is 0. The maximum atomic E-state index is 7.26. The highest BCUT2D eigenvalue weighted by atomic mass is 14.6. The summed E-state index contributed by atoms with van der Waals surface area (Å²) in [6, 6.07) is 0.273. The van der Waals surface area contributed by atoms with Crippen LogP contribution < -0.4 is 5.73 Å². The lowest BCUT2D eigenvalue weighted by Crippen LogP contribution is -2.00. The minimum atomic E-state index is 0.273. The molecule has 0 amide bonds. The van der Waals surface area contributed by atoms with E-state index >= 15 is 0 Å². The van der Waals surface area contributed by atoms with Gasteiger partial charge in [0.1, 0.15) is 0 Å². The van der Waals surface area contributed by atoms with Crippen LogP contribution in [-0.4, -0.2) is 6.04 Å². The van der Waals surface area contributed by atoms with Crippen molar-refractivity contribution in [1.82, 2.24) is 5.73 Å². The average molecular weight is 98.2 g/mol. The average Bonchev–Trinajstić information content (AvgIpc) is 1.87. The highest BCUT2D eigenvalue weighted by molar-refractivity contribution is 4.73. The van der Waals surface area contributed by atoms with Gasteiger partial charge < -0.3 is 0 Å². The standard InChI is InChI=1S/C6H12N/c1-5-2-3-6(7)4-5/h5-7H,2-4H2,1H3. The van der Waals surface area contributed by atoms with Crippen LogP contribution in [0.4, 0.5) is 0 Å². The van der Waals surface area contributed by atoms with Crippen molar-refractivity contribution < 1.29 is 0 Å². The molecule has 0 aromatic heterocycles. The lowest BCUT2D eigenvalue weighted by atomic mass is 10.1. The van der Waals surface area contributed by atoms with Gasteiger partial charge in [-0.2, -0.15) is 0 Å². The molecule has 0 heterocycles. The van der Waals surface area contributed by atoms with E-state index in [9.17, 15) is 0 Å². The van der Waals surface area contributed by atoms with E-state index in [1.54, 1.807) is 0 Å². The molecule has 1 saturated carbocycles. The predicted molar refractivity (Wildman–Crippen MR) is 29.9 cm³/mol. The Bertz CT molecular complexity index is 53.2. The first-order chi connectivity index (χ1) is 3.29. The van der Waals surface area contributed by atoms with E-state index in [2.05, 4.69) is 6.92 Å². The van der Waals surface area contributed by atoms with Gasteiger partial charge in [0.25, 0.3) is 0 Å². The molecule has 0 saturated heterocycles. The molecule has 41 valence electrons. The van der Waals surface area contributed by atoms with Crippen molar-refractivity contribution in [2.24, 2.45) is 5.92 Å². The van der Waals surface area contributed by atoms with Crippen LogP contribution in [0.25, 0.3) is 0 Å². The van der Waals surface area contributed by atoms with Gasteiger partial charge in [-0.1, -0.05) is 6.92 Å². The Morgan fingerprint density at radius 2 is 2.14 bits per heavy atom. The minimum Gasteiger partial charge on any atom is -0.255 e. The third-order valence-electron chi connectivity index (χ3n) is 1.69. The topological polar surface area (TPSA) is 23.8 Å². The molecule has 1 radical (unpaired) electrons. The molecular weight excluding hydrogens is 86.1 g/mol. The third-order valence-corrected chi connectivity index (χ3v) is 1.69. The molecule has 1 rings (SSSR count). The molecule has 1 N–H and O–H groups in total. The van der Waals surface area contributed by atoms with Crippen LogP contribution in [0.5, 0.6) is 0 Å². The number of hydrogen-bond donors (Lipinski definition) is 0. The van der Waals surface area contributed by atoms with Crippen LogP contribution in [0.3, 0.4) is 0 Å². The van der Waals surface area contributed by atoms with Gasteiger partial charge in [-0.05, 0) is 25.2 Å². The van der Waals surface area contributed by atoms with Crippen LogP contribution in [-0.2, 0) is 0 Å². The molecule has 0 aromatic carbocycles. The SMILES string of the molecule is CC1CCC([NH])C1. The molecule has 0 spiro atoms. The van der Waals surface area contributed by atoms with E-state index in [1.165, 1.54) is 6.42 Å². The van der Waals surface area contributed by atoms with Crippen molar-refractivity contribution in [2.45, 2.75) is 32.2 Å². The van der Waals surface area contributed by atoms with E-state index < -0.39 is 0 Å². The highest BCUT2D eigenvalue weighted by Gasteiger charge is 2.17. The van der Waals surface area contributed by atoms with Crippen LogP contribution in [0.1, 0.15) is 26.2 Å². The largest absolute Gasteiger partial charge is 0.255 e. The first kappa shape index (κ1) is 5.10. The molecule has 1 aliphatic rings. The molecule has 1 heteroatoms. The molecule has 0 aliphatic heterocycles. The summed E-state index contributed by atoms with van der Waals surface area (Å²) < 4.78 is 0. The Morgan fingerprint density at radius 3 is 2.29 bits per heavy atom. The second-order valence-electron chi connectivity index (χ2n) is 2.62. The maximum Gasteiger partial charge on any atom is 0.0215 e. The fourth-order valence-corrected chi connectivity index (χ4v) is 1.21. The summed E-state index contributed by atoms with van der Waals surface area (Å²) in [5, 5.41) is 0. The van der Waals surface area contributed by atoms with Gasteiger partial charge in [-0.25, -0.2) is 0 Å². The van der Waals surface area contributed by atoms with Crippen LogP contribution in [0, 0.1) is 5.92 Å². The van der Waals surface area contributed by atoms with Crippen molar-refractivity contribution in [3.8, 4) is 0 Å². The van der Waals surface area contributed by atoms with E-state index in [0.29, 0.717) is 0 Å². The molecule has 1 aliphatic carbocycles. The lowest BCUT2D eigenvalue weighted by Gasteiger charge is -1.95. The summed E-state index contributed by atoms with van der Waals surface area (Å²) >= 11 is 0. The molecule has 1 fully saturated rings. The minimum absolute atomic E-state index is 0.273. The first-order valence-corrected chi connectivity index (χ1v) is 3.00. The summed E-state index contributed by atoms with van der Waals surface area (Å²) in [6.07, 6.45) is 3.56. The van der Waals surface area contributed by atoms with Crippen molar-refractivity contribution in [2.75, 3.05) is 0 Å². The van der Waals surface area contributed by atoms with E-state index in [4.69, 9.17) is 5.73 Å². The number of nitrogens with one attached hydrogen (secondary N) is 1. The molecular formula is C6H12N. The molecule has 7 heavy (non-hydrogen) atoms. The van der Waals surface area contributed by atoms with E-state index in [-0.39, 0.29) is 6.04 Å². The fraction of sp³-hybridized carbons (Fsp3) is 1.00. The Morgan fingerprint density at radius 1 is 1.43 bits per heavy atom. The van der Waals surface area contributed by atoms with E-state index in [0.717, 1.165) is 18.8 Å². The highest BCUT2D eigenvalue weighted by Crippen LogP contribution is 2.23. The zero-order valence-electron chi connectivity index (χ0n) is 4.78. The van der Waals surface area contributed by atoms with Gasteiger partial charge in [0.2, 0.25) is 0 Å². The zero-order chi connectivity index (χ0) is 5.28. The molecule has 2 unspecified atom stereocenters. The molecule has 0 aromatic rings. The Kier molecular flexibility index (Phi) is 1.33. The van der Waals surface area contributed by atoms with Gasteiger partial charge in [0, 0.05) is 6.04 Å². The Labute approximate surface area is 44.9 Å². The van der Waals surface area contributed by atoms with Crippen molar-refractivity contribution in [3.05, 3.63) is 0 Å². The monoisotopic (exact) mass is 98.1 g/mol. The third kappa shape index (κ3) is 1.16. The second kappa shape index (κ2) is 1.83. The second-order valence-corrected chi connectivity index (χ2v) is 2.62. The van der Waals surface area contributed by atoms with Crippen LogP contribution in [0.15, 0.2) is 0 Å². The van der Waals surface area contributed by atoms with Crippen molar-refractivity contribution in [3.63, 3.8) is 0 Å². The zero-order valence-corrected chi connectivity index (χ0v) is 4.78. The summed E-state index contributed by atoms with van der Waals surface area (Å²) in [5.41, 5.74) is 7.26. The van der Waals surface area contributed by atoms with Gasteiger partial charge >= 0.3 is 0 Å². The predicted octanol–water partition coefficient (Wildman–Crippen LogP) is 1.46. The lowest BCUT2D eigenvalue weighted by molar-refractivity contribution is 0.588. The quantitative estimate of drug-likeness (QED) is 0.438. The van der Waals surface area contributed by atoms with Gasteiger partial charge in [0.05, 0.1) is 0 Å². The molecule has 2 atom stereocenters. The Hall–Kier alpha value is -0.0400. The molecule has 0 bridgehead atoms. The van der Waals surface area contributed by atoms with Crippen LogP contribution >= 0.6 is 0 Å². The Balaban J connectivity index is 2.26. The van der Waals surface area contributed by atoms with E-state index in [1.807, 2.05) is 0 Å². The normalized spacial score (nSPS) is 42.0. The fourth-order valence-electron chi connectivity index (χ4n) is 1.21. The van der Waals surface area contributed by atoms with Crippen LogP contribution in [0.2, 0.25) is 0 Å². The van der Waals surface area contributed by atoms with Gasteiger partial charge in [0.15, 0.2) is 0 Å². The molecule has 1 nitrogen and oxygen atoms in total. The van der Waals surface area contributed by atoms with Crippen molar-refractivity contribution in [1.29, 1.82) is 0 Å².